The molecular weight excluding hydrogens is 346 g/mol. The molecule has 2 aromatic heterocycles. The molecule has 2 aromatic rings. The number of aromatic nitrogens is 2. The first-order chi connectivity index (χ1) is 12.8. The number of piperidine rings is 1. The fourth-order valence-electron chi connectivity index (χ4n) is 5.43. The molecule has 4 heterocycles. The number of pyridine rings is 1. The summed E-state index contributed by atoms with van der Waals surface area (Å²) in [6, 6.07) is 4.89. The van der Waals surface area contributed by atoms with Crippen LogP contribution in [-0.2, 0) is 11.3 Å². The normalized spacial score (nSPS) is 32.8. The predicted octanol–water partition coefficient (Wildman–Crippen LogP) is 4.79. The van der Waals surface area contributed by atoms with Gasteiger partial charge in [-0.1, -0.05) is 12.8 Å². The van der Waals surface area contributed by atoms with Gasteiger partial charge in [0.2, 0.25) is 0 Å². The molecule has 4 atom stereocenters. The van der Waals surface area contributed by atoms with Crippen LogP contribution in [0, 0.1) is 5.92 Å². The monoisotopic (exact) mass is 373 g/mol. The van der Waals surface area contributed by atoms with E-state index in [1.807, 2.05) is 12.3 Å². The standard InChI is InChI=1S/C21H28ClN3O/c22-17-9-11-25(18-7-2-1-5-15(17)18)13-16-14-6-3-10-23-21(14)24-20(16)19-8-4-12-26-19/h3,6,10,15,17-19H,1-2,4-5,7-9,11-13H2,(H,23,24)/t15-,17-,18+,19+/m1/s1. The van der Waals surface area contributed by atoms with Crippen LogP contribution in [0.2, 0.25) is 0 Å². The van der Waals surface area contributed by atoms with Crippen molar-refractivity contribution in [3.8, 4) is 0 Å². The number of nitrogens with zero attached hydrogens (tertiary/aromatic N) is 2. The highest BCUT2D eigenvalue weighted by Gasteiger charge is 2.39. The maximum atomic E-state index is 6.70. The van der Waals surface area contributed by atoms with Crippen molar-refractivity contribution in [2.45, 2.75) is 69.0 Å². The van der Waals surface area contributed by atoms with Crippen molar-refractivity contribution in [2.75, 3.05) is 13.2 Å². The van der Waals surface area contributed by atoms with Crippen LogP contribution in [0.3, 0.4) is 0 Å². The molecule has 1 aliphatic carbocycles. The second kappa shape index (κ2) is 7.14. The summed E-state index contributed by atoms with van der Waals surface area (Å²) >= 11 is 6.70. The number of aromatic amines is 1. The number of alkyl halides is 1. The summed E-state index contributed by atoms with van der Waals surface area (Å²) < 4.78 is 6.02. The Kier molecular flexibility index (Phi) is 4.68. The van der Waals surface area contributed by atoms with E-state index in [1.165, 1.54) is 42.3 Å². The van der Waals surface area contributed by atoms with E-state index in [2.05, 4.69) is 20.9 Å². The molecule has 5 rings (SSSR count). The van der Waals surface area contributed by atoms with Gasteiger partial charge >= 0.3 is 0 Å². The molecule has 3 fully saturated rings. The Morgan fingerprint density at radius 1 is 1.19 bits per heavy atom. The largest absolute Gasteiger partial charge is 0.372 e. The average Bonchev–Trinajstić information content (AvgIpc) is 3.32. The van der Waals surface area contributed by atoms with Gasteiger partial charge in [-0.15, -0.1) is 11.6 Å². The van der Waals surface area contributed by atoms with Crippen molar-refractivity contribution in [2.24, 2.45) is 5.92 Å². The van der Waals surface area contributed by atoms with Gasteiger partial charge in [0.1, 0.15) is 5.65 Å². The van der Waals surface area contributed by atoms with E-state index in [0.717, 1.165) is 44.6 Å². The van der Waals surface area contributed by atoms with Gasteiger partial charge < -0.3 is 9.72 Å². The minimum atomic E-state index is 0.201. The molecule has 0 amide bonds. The van der Waals surface area contributed by atoms with Crippen molar-refractivity contribution in [1.82, 2.24) is 14.9 Å². The van der Waals surface area contributed by atoms with Gasteiger partial charge in [-0.25, -0.2) is 4.98 Å². The first kappa shape index (κ1) is 17.0. The highest BCUT2D eigenvalue weighted by Crippen LogP contribution is 2.40. The average molecular weight is 374 g/mol. The van der Waals surface area contributed by atoms with Gasteiger partial charge in [0.25, 0.3) is 0 Å². The first-order valence-electron chi connectivity index (χ1n) is 10.3. The number of fused-ring (bicyclic) bond motifs is 2. The molecule has 2 aliphatic heterocycles. The van der Waals surface area contributed by atoms with Gasteiger partial charge in [0.05, 0.1) is 11.8 Å². The maximum absolute atomic E-state index is 6.70. The van der Waals surface area contributed by atoms with Crippen LogP contribution in [0.15, 0.2) is 18.3 Å². The van der Waals surface area contributed by atoms with E-state index < -0.39 is 0 Å². The molecule has 0 aromatic carbocycles. The molecule has 0 bridgehead atoms. The Balaban J connectivity index is 1.49. The lowest BCUT2D eigenvalue weighted by atomic mass is 9.78. The second-order valence-electron chi connectivity index (χ2n) is 8.21. The Hall–Kier alpha value is -1.10. The van der Waals surface area contributed by atoms with Crippen molar-refractivity contribution < 1.29 is 4.74 Å². The zero-order valence-corrected chi connectivity index (χ0v) is 16.0. The lowest BCUT2D eigenvalue weighted by Gasteiger charge is -2.46. The van der Waals surface area contributed by atoms with Gasteiger partial charge in [0.15, 0.2) is 0 Å². The number of hydrogen-bond donors (Lipinski definition) is 1. The van der Waals surface area contributed by atoms with Gasteiger partial charge in [-0.2, -0.15) is 0 Å². The molecule has 0 unspecified atom stereocenters. The third-order valence-electron chi connectivity index (χ3n) is 6.73. The molecule has 4 nitrogen and oxygen atoms in total. The minimum absolute atomic E-state index is 0.201. The van der Waals surface area contributed by atoms with Crippen LogP contribution < -0.4 is 0 Å². The van der Waals surface area contributed by atoms with Crippen molar-refractivity contribution in [3.63, 3.8) is 0 Å². The lowest BCUT2D eigenvalue weighted by molar-refractivity contribution is 0.0562. The topological polar surface area (TPSA) is 41.1 Å². The Labute approximate surface area is 160 Å². The summed E-state index contributed by atoms with van der Waals surface area (Å²) in [7, 11) is 0. The van der Waals surface area contributed by atoms with E-state index in [4.69, 9.17) is 16.3 Å². The van der Waals surface area contributed by atoms with E-state index >= 15 is 0 Å². The van der Waals surface area contributed by atoms with Crippen molar-refractivity contribution >= 4 is 22.6 Å². The summed E-state index contributed by atoms with van der Waals surface area (Å²) in [6.45, 7) is 2.97. The summed E-state index contributed by atoms with van der Waals surface area (Å²) in [4.78, 5) is 10.9. The van der Waals surface area contributed by atoms with E-state index in [1.54, 1.807) is 0 Å². The summed E-state index contributed by atoms with van der Waals surface area (Å²) in [5, 5.41) is 1.62. The Bertz CT molecular complexity index is 770. The van der Waals surface area contributed by atoms with Gasteiger partial charge in [0, 0.05) is 42.7 Å². The summed E-state index contributed by atoms with van der Waals surface area (Å²) in [6.07, 6.45) is 10.7. The van der Waals surface area contributed by atoms with Crippen LogP contribution in [-0.4, -0.2) is 39.4 Å². The first-order valence-corrected chi connectivity index (χ1v) is 10.7. The van der Waals surface area contributed by atoms with Crippen LogP contribution in [0.1, 0.15) is 62.3 Å². The van der Waals surface area contributed by atoms with E-state index in [9.17, 15) is 0 Å². The number of rotatable bonds is 3. The zero-order valence-electron chi connectivity index (χ0n) is 15.3. The fourth-order valence-corrected chi connectivity index (χ4v) is 5.82. The molecule has 3 aliphatic rings. The van der Waals surface area contributed by atoms with Crippen LogP contribution in [0.5, 0.6) is 0 Å². The highest BCUT2D eigenvalue weighted by molar-refractivity contribution is 6.20. The number of likely N-dealkylation sites (tertiary alicyclic amines) is 1. The van der Waals surface area contributed by atoms with Crippen LogP contribution in [0.4, 0.5) is 0 Å². The van der Waals surface area contributed by atoms with Crippen LogP contribution >= 0.6 is 11.6 Å². The number of nitrogens with one attached hydrogen (secondary N) is 1. The number of hydrogen-bond acceptors (Lipinski definition) is 3. The summed E-state index contributed by atoms with van der Waals surface area (Å²) in [5.41, 5.74) is 3.66. The molecule has 2 saturated heterocycles. The molecule has 0 spiro atoms. The smallest absolute Gasteiger partial charge is 0.137 e. The Morgan fingerprint density at radius 2 is 2.12 bits per heavy atom. The highest BCUT2D eigenvalue weighted by atomic mass is 35.5. The van der Waals surface area contributed by atoms with E-state index in [0.29, 0.717) is 17.3 Å². The second-order valence-corrected chi connectivity index (χ2v) is 8.77. The number of halogens is 1. The van der Waals surface area contributed by atoms with Crippen molar-refractivity contribution in [1.29, 1.82) is 0 Å². The molecule has 26 heavy (non-hydrogen) atoms. The van der Waals surface area contributed by atoms with Crippen LogP contribution in [0.25, 0.3) is 11.0 Å². The lowest BCUT2D eigenvalue weighted by Crippen LogP contribution is -2.50. The van der Waals surface area contributed by atoms with Gasteiger partial charge in [-0.05, 0) is 55.7 Å². The fraction of sp³-hybridized carbons (Fsp3) is 0.667. The molecule has 0 radical (unpaired) electrons. The number of ether oxygens (including phenoxy) is 1. The SMILES string of the molecule is Cl[C@@H]1CCN(Cc2c([C@@H]3CCCO3)[nH]c3ncccc23)[C@H]2CCCC[C@H]12. The quantitative estimate of drug-likeness (QED) is 0.786. The molecule has 5 heteroatoms. The third kappa shape index (κ3) is 2.96. The predicted molar refractivity (Wildman–Crippen MR) is 104 cm³/mol. The molecule has 140 valence electrons. The van der Waals surface area contributed by atoms with Crippen molar-refractivity contribution in [3.05, 3.63) is 29.6 Å². The zero-order chi connectivity index (χ0) is 17.5. The summed E-state index contributed by atoms with van der Waals surface area (Å²) in [5.74, 6) is 0.661. The van der Waals surface area contributed by atoms with E-state index in [-0.39, 0.29) is 6.10 Å². The molecule has 1 N–H and O–H groups in total. The Morgan fingerprint density at radius 3 is 3.00 bits per heavy atom. The maximum Gasteiger partial charge on any atom is 0.137 e. The molecule has 1 saturated carbocycles. The minimum Gasteiger partial charge on any atom is -0.372 e. The molecular formula is C21H28ClN3O. The number of H-pyrrole nitrogens is 1. The third-order valence-corrected chi connectivity index (χ3v) is 7.27. The van der Waals surface area contributed by atoms with Gasteiger partial charge in [-0.3, -0.25) is 4.90 Å².